The second-order valence-corrected chi connectivity index (χ2v) is 4.41. The summed E-state index contributed by atoms with van der Waals surface area (Å²) in [6, 6.07) is 1.54. The summed E-state index contributed by atoms with van der Waals surface area (Å²) in [5, 5.41) is 10.6. The number of rotatable bonds is 4. The Bertz CT molecular complexity index is 465. The maximum absolute atomic E-state index is 10.5. The van der Waals surface area contributed by atoms with Crippen LogP contribution in [0.5, 0.6) is 5.88 Å². The Labute approximate surface area is 109 Å². The van der Waals surface area contributed by atoms with Crippen molar-refractivity contribution in [2.75, 3.05) is 18.5 Å². The molecule has 0 radical (unpaired) electrons. The molecule has 0 spiro atoms. The lowest BCUT2D eigenvalue weighted by Gasteiger charge is -2.17. The van der Waals surface area contributed by atoms with E-state index < -0.39 is 11.9 Å². The number of hydrogen-bond donors (Lipinski definition) is 2. The maximum atomic E-state index is 10.5. The molecule has 0 saturated carbocycles. The first-order chi connectivity index (χ1) is 8.94. The van der Waals surface area contributed by atoms with Gasteiger partial charge in [-0.3, -0.25) is 5.32 Å². The highest BCUT2D eigenvalue weighted by Gasteiger charge is 2.33. The summed E-state index contributed by atoms with van der Waals surface area (Å²) in [5.41, 5.74) is 0. The van der Waals surface area contributed by atoms with Gasteiger partial charge >= 0.3 is 6.09 Å². The van der Waals surface area contributed by atoms with E-state index in [2.05, 4.69) is 9.97 Å². The Morgan fingerprint density at radius 2 is 2.47 bits per heavy atom. The fraction of sp³-hybridized carbons (Fsp3) is 0.545. The molecule has 1 aromatic heterocycles. The van der Waals surface area contributed by atoms with Crippen LogP contribution in [0.25, 0.3) is 0 Å². The van der Waals surface area contributed by atoms with Crippen molar-refractivity contribution in [3.05, 3.63) is 12.3 Å². The monoisotopic (exact) mass is 269 g/mol. The van der Waals surface area contributed by atoms with E-state index in [1.807, 2.05) is 19.2 Å². The van der Waals surface area contributed by atoms with Gasteiger partial charge in [-0.05, 0) is 13.8 Å². The first kappa shape index (κ1) is 13.5. The smallest absolute Gasteiger partial charge is 0.411 e. The van der Waals surface area contributed by atoms with E-state index in [0.717, 1.165) is 0 Å². The Balaban J connectivity index is 1.88. The minimum atomic E-state index is -1.23. The van der Waals surface area contributed by atoms with Crippen LogP contribution in [0.2, 0.25) is 0 Å². The number of carboxylic acid groups (broad SMARTS) is 1. The van der Waals surface area contributed by atoms with Crippen LogP contribution in [0.3, 0.4) is 0 Å². The van der Waals surface area contributed by atoms with Crippen molar-refractivity contribution in [1.82, 2.24) is 9.97 Å². The molecule has 1 aliphatic heterocycles. The van der Waals surface area contributed by atoms with Crippen LogP contribution in [0.15, 0.2) is 12.3 Å². The average molecular weight is 269 g/mol. The normalized spacial score (nSPS) is 21.1. The van der Waals surface area contributed by atoms with Gasteiger partial charge in [-0.25, -0.2) is 9.78 Å². The Morgan fingerprint density at radius 3 is 3.11 bits per heavy atom. The van der Waals surface area contributed by atoms with Crippen LogP contribution in [0, 0.1) is 0 Å². The van der Waals surface area contributed by atoms with E-state index in [4.69, 9.17) is 19.3 Å². The number of amides is 1. The van der Waals surface area contributed by atoms with Crippen molar-refractivity contribution in [2.24, 2.45) is 0 Å². The molecule has 8 nitrogen and oxygen atoms in total. The molecule has 1 amide bonds. The third-order valence-electron chi connectivity index (χ3n) is 2.33. The molecule has 2 N–H and O–H groups in total. The molecule has 104 valence electrons. The standard InChI is InChI=1S/C11H15N3O5/c1-11(2)18-6-7(19-11)5-17-8-3-4-12-9(13-8)14-10(15)16/h3-4,7H,5-6H2,1-2H3,(H,15,16)(H,12,13,14). The van der Waals surface area contributed by atoms with Crippen molar-refractivity contribution in [3.63, 3.8) is 0 Å². The highest BCUT2D eigenvalue weighted by atomic mass is 16.7. The molecule has 0 aliphatic carbocycles. The number of nitrogens with zero attached hydrogens (tertiary/aromatic N) is 2. The molecule has 0 aromatic carbocycles. The zero-order valence-electron chi connectivity index (χ0n) is 10.6. The molecule has 1 unspecified atom stereocenters. The van der Waals surface area contributed by atoms with Crippen LogP contribution in [-0.4, -0.2) is 46.3 Å². The minimum absolute atomic E-state index is 0.0334. The van der Waals surface area contributed by atoms with Gasteiger partial charge in [0.1, 0.15) is 12.7 Å². The first-order valence-corrected chi connectivity index (χ1v) is 5.72. The summed E-state index contributed by atoms with van der Waals surface area (Å²) in [6.45, 7) is 4.37. The largest absolute Gasteiger partial charge is 0.475 e. The van der Waals surface area contributed by atoms with Gasteiger partial charge in [-0.15, -0.1) is 0 Å². The molecule has 1 aliphatic rings. The second kappa shape index (κ2) is 5.37. The summed E-state index contributed by atoms with van der Waals surface area (Å²) in [4.78, 5) is 18.1. The molecule has 8 heteroatoms. The van der Waals surface area contributed by atoms with E-state index in [0.29, 0.717) is 6.61 Å². The van der Waals surface area contributed by atoms with Crippen LogP contribution in [0.4, 0.5) is 10.7 Å². The van der Waals surface area contributed by atoms with E-state index in [9.17, 15) is 4.79 Å². The molecule has 19 heavy (non-hydrogen) atoms. The Morgan fingerprint density at radius 1 is 1.68 bits per heavy atom. The van der Waals surface area contributed by atoms with Crippen molar-refractivity contribution in [3.8, 4) is 5.88 Å². The van der Waals surface area contributed by atoms with Crippen LogP contribution < -0.4 is 10.1 Å². The molecule has 1 atom stereocenters. The quantitative estimate of drug-likeness (QED) is 0.843. The molecule has 2 heterocycles. The number of aromatic nitrogens is 2. The van der Waals surface area contributed by atoms with E-state index in [1.165, 1.54) is 12.3 Å². The van der Waals surface area contributed by atoms with Crippen molar-refractivity contribution >= 4 is 12.0 Å². The number of hydrogen-bond acceptors (Lipinski definition) is 6. The van der Waals surface area contributed by atoms with Gasteiger partial charge < -0.3 is 19.3 Å². The molecule has 1 aromatic rings. The lowest BCUT2D eigenvalue weighted by molar-refractivity contribution is -0.141. The maximum Gasteiger partial charge on any atom is 0.411 e. The number of ether oxygens (including phenoxy) is 3. The number of anilines is 1. The van der Waals surface area contributed by atoms with Crippen molar-refractivity contribution in [1.29, 1.82) is 0 Å². The van der Waals surface area contributed by atoms with Crippen molar-refractivity contribution in [2.45, 2.75) is 25.7 Å². The fourth-order valence-electron chi connectivity index (χ4n) is 1.60. The zero-order chi connectivity index (χ0) is 13.9. The van der Waals surface area contributed by atoms with Gasteiger partial charge in [0.2, 0.25) is 11.8 Å². The van der Waals surface area contributed by atoms with Crippen LogP contribution in [-0.2, 0) is 9.47 Å². The molecular weight excluding hydrogens is 254 g/mol. The summed E-state index contributed by atoms with van der Waals surface area (Å²) in [6.07, 6.45) is -0.00363. The second-order valence-electron chi connectivity index (χ2n) is 4.41. The average Bonchev–Trinajstić information content (AvgIpc) is 2.66. The van der Waals surface area contributed by atoms with Gasteiger partial charge in [0.15, 0.2) is 5.79 Å². The Hall–Kier alpha value is -1.93. The highest BCUT2D eigenvalue weighted by molar-refractivity contribution is 5.80. The summed E-state index contributed by atoms with van der Waals surface area (Å²) in [7, 11) is 0. The minimum Gasteiger partial charge on any atom is -0.475 e. The SMILES string of the molecule is CC1(C)OCC(COc2ccnc(NC(=O)O)n2)O1. The third kappa shape index (κ3) is 4.04. The number of carbonyl (C=O) groups is 1. The van der Waals surface area contributed by atoms with Crippen LogP contribution >= 0.6 is 0 Å². The predicted octanol–water partition coefficient (Wildman–Crippen LogP) is 1.10. The molecule has 2 rings (SSSR count). The first-order valence-electron chi connectivity index (χ1n) is 5.72. The van der Waals surface area contributed by atoms with E-state index in [1.54, 1.807) is 0 Å². The van der Waals surface area contributed by atoms with E-state index >= 15 is 0 Å². The van der Waals surface area contributed by atoms with Gasteiger partial charge in [-0.2, -0.15) is 4.98 Å². The molecular formula is C11H15N3O5. The van der Waals surface area contributed by atoms with Crippen molar-refractivity contribution < 1.29 is 24.1 Å². The highest BCUT2D eigenvalue weighted by Crippen LogP contribution is 2.22. The zero-order valence-corrected chi connectivity index (χ0v) is 10.6. The Kier molecular flexibility index (Phi) is 3.82. The molecule has 1 fully saturated rings. The van der Waals surface area contributed by atoms with Gasteiger partial charge in [-0.1, -0.05) is 0 Å². The van der Waals surface area contributed by atoms with E-state index in [-0.39, 0.29) is 24.5 Å². The topological polar surface area (TPSA) is 103 Å². The third-order valence-corrected chi connectivity index (χ3v) is 2.33. The summed E-state index contributed by atoms with van der Waals surface area (Å²) >= 11 is 0. The van der Waals surface area contributed by atoms with Gasteiger partial charge in [0.05, 0.1) is 6.61 Å². The molecule has 0 bridgehead atoms. The predicted molar refractivity (Wildman–Crippen MR) is 64.1 cm³/mol. The lowest BCUT2D eigenvalue weighted by atomic mass is 10.4. The van der Waals surface area contributed by atoms with Gasteiger partial charge in [0.25, 0.3) is 0 Å². The lowest BCUT2D eigenvalue weighted by Crippen LogP contribution is -2.25. The molecule has 1 saturated heterocycles. The summed E-state index contributed by atoms with van der Waals surface area (Å²) in [5.74, 6) is -0.364. The van der Waals surface area contributed by atoms with Crippen LogP contribution in [0.1, 0.15) is 13.8 Å². The van der Waals surface area contributed by atoms with Gasteiger partial charge in [0, 0.05) is 12.3 Å². The fourth-order valence-corrected chi connectivity index (χ4v) is 1.60. The number of nitrogens with one attached hydrogen (secondary N) is 1. The summed E-state index contributed by atoms with van der Waals surface area (Å²) < 4.78 is 16.4.